The lowest BCUT2D eigenvalue weighted by Gasteiger charge is -2.38. The quantitative estimate of drug-likeness (QED) is 0.787. The van der Waals surface area contributed by atoms with Gasteiger partial charge in [0.15, 0.2) is 0 Å². The third-order valence-corrected chi connectivity index (χ3v) is 3.01. The first-order valence-corrected chi connectivity index (χ1v) is 4.88. The second kappa shape index (κ2) is 3.58. The summed E-state index contributed by atoms with van der Waals surface area (Å²) in [6.07, 6.45) is 1.03. The average Bonchev–Trinajstić information content (AvgIpc) is 2.55. The van der Waals surface area contributed by atoms with Crippen LogP contribution >= 0.6 is 12.4 Å². The first-order chi connectivity index (χ1) is 6.81. The van der Waals surface area contributed by atoms with Crippen LogP contribution in [0.4, 0.5) is 0 Å². The van der Waals surface area contributed by atoms with E-state index in [2.05, 4.69) is 11.4 Å². The summed E-state index contributed by atoms with van der Waals surface area (Å²) in [6, 6.07) is 6.07. The van der Waals surface area contributed by atoms with Crippen LogP contribution in [0.5, 0.6) is 11.5 Å². The molecule has 0 saturated carbocycles. The number of methoxy groups -OCH3 is 1. The zero-order valence-corrected chi connectivity index (χ0v) is 9.39. The van der Waals surface area contributed by atoms with E-state index in [1.807, 2.05) is 12.1 Å². The molecule has 2 aliphatic rings. The van der Waals surface area contributed by atoms with Crippen molar-refractivity contribution in [3.8, 4) is 11.5 Å². The number of fused-ring (bicyclic) bond motifs is 1. The van der Waals surface area contributed by atoms with E-state index in [1.54, 1.807) is 7.11 Å². The highest BCUT2D eigenvalue weighted by molar-refractivity contribution is 5.85. The Morgan fingerprint density at radius 2 is 2.20 bits per heavy atom. The van der Waals surface area contributed by atoms with Gasteiger partial charge < -0.3 is 14.8 Å². The van der Waals surface area contributed by atoms with Crippen molar-refractivity contribution < 1.29 is 9.47 Å². The minimum absolute atomic E-state index is 0. The van der Waals surface area contributed by atoms with Crippen molar-refractivity contribution in [2.24, 2.45) is 0 Å². The molecule has 2 aliphatic heterocycles. The topological polar surface area (TPSA) is 30.5 Å². The largest absolute Gasteiger partial charge is 0.497 e. The van der Waals surface area contributed by atoms with Gasteiger partial charge in [-0.25, -0.2) is 0 Å². The molecule has 1 aromatic carbocycles. The van der Waals surface area contributed by atoms with Crippen molar-refractivity contribution in [3.05, 3.63) is 23.8 Å². The molecule has 1 saturated heterocycles. The zero-order valence-electron chi connectivity index (χ0n) is 8.58. The Hall–Kier alpha value is -0.930. The Morgan fingerprint density at radius 1 is 1.40 bits per heavy atom. The highest BCUT2D eigenvalue weighted by Gasteiger charge is 2.44. The van der Waals surface area contributed by atoms with Gasteiger partial charge in [0.1, 0.15) is 17.1 Å². The Bertz CT molecular complexity index is 377. The highest BCUT2D eigenvalue weighted by Crippen LogP contribution is 2.39. The Kier molecular flexibility index (Phi) is 2.52. The molecule has 1 spiro atoms. The second-order valence-corrected chi connectivity index (χ2v) is 4.04. The molecule has 82 valence electrons. The summed E-state index contributed by atoms with van der Waals surface area (Å²) in [5, 5.41) is 3.25. The fourth-order valence-corrected chi connectivity index (χ4v) is 2.12. The molecule has 2 heterocycles. The van der Waals surface area contributed by atoms with Gasteiger partial charge in [-0.3, -0.25) is 0 Å². The predicted octanol–water partition coefficient (Wildman–Crippen LogP) is 1.39. The van der Waals surface area contributed by atoms with Crippen LogP contribution in [0.2, 0.25) is 0 Å². The molecule has 0 aliphatic carbocycles. The minimum Gasteiger partial charge on any atom is -0.497 e. The van der Waals surface area contributed by atoms with Gasteiger partial charge in [0, 0.05) is 25.6 Å². The maximum absolute atomic E-state index is 5.93. The van der Waals surface area contributed by atoms with Crippen molar-refractivity contribution in [2.75, 3.05) is 20.2 Å². The summed E-state index contributed by atoms with van der Waals surface area (Å²) in [6.45, 7) is 1.92. The maximum Gasteiger partial charge on any atom is 0.138 e. The van der Waals surface area contributed by atoms with Crippen LogP contribution in [0.1, 0.15) is 5.56 Å². The van der Waals surface area contributed by atoms with Crippen LogP contribution in [0, 0.1) is 0 Å². The van der Waals surface area contributed by atoms with Crippen LogP contribution in [0.3, 0.4) is 0 Å². The van der Waals surface area contributed by atoms with Crippen molar-refractivity contribution in [2.45, 2.75) is 12.0 Å². The number of hydrogen-bond acceptors (Lipinski definition) is 3. The molecule has 0 unspecified atom stereocenters. The van der Waals surface area contributed by atoms with E-state index in [1.165, 1.54) is 5.56 Å². The third-order valence-electron chi connectivity index (χ3n) is 3.01. The number of ether oxygens (including phenoxy) is 2. The Balaban J connectivity index is 0.000000853. The number of benzene rings is 1. The Labute approximate surface area is 95.2 Å². The lowest BCUT2D eigenvalue weighted by Crippen LogP contribution is -2.62. The second-order valence-electron chi connectivity index (χ2n) is 4.04. The summed E-state index contributed by atoms with van der Waals surface area (Å²) < 4.78 is 11.1. The molecule has 1 aromatic rings. The summed E-state index contributed by atoms with van der Waals surface area (Å²) in [5.74, 6) is 1.86. The fraction of sp³-hybridized carbons (Fsp3) is 0.455. The van der Waals surface area contributed by atoms with E-state index in [0.717, 1.165) is 31.0 Å². The van der Waals surface area contributed by atoms with Crippen molar-refractivity contribution in [1.29, 1.82) is 0 Å². The van der Waals surface area contributed by atoms with Crippen LogP contribution in [-0.4, -0.2) is 25.8 Å². The van der Waals surface area contributed by atoms with E-state index in [9.17, 15) is 0 Å². The standard InChI is InChI=1S/C11H13NO2.ClH/c1-13-9-3-2-8-5-11(6-12-7-11)14-10(8)4-9;/h2-4,12H,5-7H2,1H3;1H. The van der Waals surface area contributed by atoms with Gasteiger partial charge in [-0.1, -0.05) is 6.07 Å². The van der Waals surface area contributed by atoms with Crippen LogP contribution in [0.15, 0.2) is 18.2 Å². The minimum atomic E-state index is 0. The van der Waals surface area contributed by atoms with Gasteiger partial charge >= 0.3 is 0 Å². The fourth-order valence-electron chi connectivity index (χ4n) is 2.12. The molecule has 0 radical (unpaired) electrons. The first-order valence-electron chi connectivity index (χ1n) is 4.88. The summed E-state index contributed by atoms with van der Waals surface area (Å²) in [5.41, 5.74) is 1.35. The number of nitrogens with one attached hydrogen (secondary N) is 1. The van der Waals surface area contributed by atoms with Crippen LogP contribution in [-0.2, 0) is 6.42 Å². The predicted molar refractivity (Wildman–Crippen MR) is 60.2 cm³/mol. The molecule has 1 fully saturated rings. The molecule has 15 heavy (non-hydrogen) atoms. The van der Waals surface area contributed by atoms with Crippen molar-refractivity contribution in [1.82, 2.24) is 5.32 Å². The van der Waals surface area contributed by atoms with Crippen molar-refractivity contribution in [3.63, 3.8) is 0 Å². The molecule has 3 nitrogen and oxygen atoms in total. The SMILES string of the molecule is COc1ccc2c(c1)OC1(CNC1)C2.Cl. The van der Waals surface area contributed by atoms with Gasteiger partial charge in [0.2, 0.25) is 0 Å². The molecule has 0 aromatic heterocycles. The average molecular weight is 228 g/mol. The normalized spacial score (nSPS) is 19.8. The molecule has 0 atom stereocenters. The third kappa shape index (κ3) is 1.56. The smallest absolute Gasteiger partial charge is 0.138 e. The van der Waals surface area contributed by atoms with Gasteiger partial charge in [-0.2, -0.15) is 0 Å². The maximum atomic E-state index is 5.93. The molecule has 0 amide bonds. The highest BCUT2D eigenvalue weighted by atomic mass is 35.5. The van der Waals surface area contributed by atoms with E-state index >= 15 is 0 Å². The van der Waals surface area contributed by atoms with Crippen LogP contribution in [0.25, 0.3) is 0 Å². The van der Waals surface area contributed by atoms with E-state index < -0.39 is 0 Å². The monoisotopic (exact) mass is 227 g/mol. The van der Waals surface area contributed by atoms with Gasteiger partial charge in [-0.15, -0.1) is 12.4 Å². The van der Waals surface area contributed by atoms with E-state index in [0.29, 0.717) is 0 Å². The number of hydrogen-bond donors (Lipinski definition) is 1. The lowest BCUT2D eigenvalue weighted by molar-refractivity contribution is 0.0385. The molecular formula is C11H14ClNO2. The summed E-state index contributed by atoms with van der Waals surface area (Å²) in [4.78, 5) is 0. The lowest BCUT2D eigenvalue weighted by atomic mass is 9.91. The molecule has 4 heteroatoms. The van der Waals surface area contributed by atoms with Gasteiger partial charge in [0.25, 0.3) is 0 Å². The van der Waals surface area contributed by atoms with Gasteiger partial charge in [-0.05, 0) is 11.6 Å². The molecule has 1 N–H and O–H groups in total. The van der Waals surface area contributed by atoms with E-state index in [-0.39, 0.29) is 18.0 Å². The first kappa shape index (κ1) is 10.6. The molecule has 0 bridgehead atoms. The van der Waals surface area contributed by atoms with Crippen LogP contribution < -0.4 is 14.8 Å². The zero-order chi connectivity index (χ0) is 9.60. The number of rotatable bonds is 1. The van der Waals surface area contributed by atoms with E-state index in [4.69, 9.17) is 9.47 Å². The number of halogens is 1. The van der Waals surface area contributed by atoms with Gasteiger partial charge in [0.05, 0.1) is 7.11 Å². The molecular weight excluding hydrogens is 214 g/mol. The summed E-state index contributed by atoms with van der Waals surface area (Å²) >= 11 is 0. The Morgan fingerprint density at radius 3 is 2.80 bits per heavy atom. The molecule has 3 rings (SSSR count). The van der Waals surface area contributed by atoms with Crippen molar-refractivity contribution >= 4 is 12.4 Å². The summed E-state index contributed by atoms with van der Waals surface area (Å²) in [7, 11) is 1.68.